The van der Waals surface area contributed by atoms with Gasteiger partial charge in [-0.2, -0.15) is 4.80 Å². The predicted molar refractivity (Wildman–Crippen MR) is 97.4 cm³/mol. The predicted octanol–water partition coefficient (Wildman–Crippen LogP) is 1.60. The Hall–Kier alpha value is -3.42. The van der Waals surface area contributed by atoms with Crippen molar-refractivity contribution < 1.29 is 14.3 Å². The highest BCUT2D eigenvalue weighted by Crippen LogP contribution is 2.30. The van der Waals surface area contributed by atoms with Gasteiger partial charge in [-0.3, -0.25) is 4.79 Å². The minimum absolute atomic E-state index is 0.0109. The number of rotatable bonds is 5. The van der Waals surface area contributed by atoms with Crippen LogP contribution in [0.4, 0.5) is 0 Å². The van der Waals surface area contributed by atoms with E-state index in [1.54, 1.807) is 0 Å². The monoisotopic (exact) mass is 365 g/mol. The van der Waals surface area contributed by atoms with Gasteiger partial charge in [-0.25, -0.2) is 0 Å². The highest BCUT2D eigenvalue weighted by molar-refractivity contribution is 5.75. The molecule has 1 aliphatic rings. The molecule has 0 unspecified atom stereocenters. The molecule has 27 heavy (non-hydrogen) atoms. The van der Waals surface area contributed by atoms with Crippen molar-refractivity contribution >= 4 is 5.91 Å². The van der Waals surface area contributed by atoms with Crippen molar-refractivity contribution in [3.8, 4) is 22.9 Å². The van der Waals surface area contributed by atoms with Crippen LogP contribution in [0.1, 0.15) is 5.56 Å². The third kappa shape index (κ3) is 3.89. The van der Waals surface area contributed by atoms with Crippen molar-refractivity contribution in [2.24, 2.45) is 0 Å². The fraction of sp³-hybridized carbons (Fsp3) is 0.263. The van der Waals surface area contributed by atoms with Crippen LogP contribution in [0, 0.1) is 6.92 Å². The molecule has 0 saturated carbocycles. The van der Waals surface area contributed by atoms with Crippen LogP contribution < -0.4 is 14.8 Å². The van der Waals surface area contributed by atoms with Gasteiger partial charge >= 0.3 is 0 Å². The summed E-state index contributed by atoms with van der Waals surface area (Å²) < 4.78 is 11.5. The summed E-state index contributed by atoms with van der Waals surface area (Å²) in [5.41, 5.74) is 1.95. The average Bonchev–Trinajstić information content (AvgIpc) is 3.14. The lowest BCUT2D eigenvalue weighted by molar-refractivity contribution is -0.122. The van der Waals surface area contributed by atoms with Gasteiger partial charge in [0.2, 0.25) is 11.7 Å². The molecule has 0 saturated heterocycles. The van der Waals surface area contributed by atoms with E-state index in [2.05, 4.69) is 20.7 Å². The molecule has 0 spiro atoms. The second-order valence-corrected chi connectivity index (χ2v) is 6.26. The van der Waals surface area contributed by atoms with Crippen molar-refractivity contribution in [3.63, 3.8) is 0 Å². The summed E-state index contributed by atoms with van der Waals surface area (Å²) in [6.07, 6.45) is -0.241. The van der Waals surface area contributed by atoms with E-state index in [1.165, 1.54) is 4.80 Å². The lowest BCUT2D eigenvalue weighted by atomic mass is 10.1. The Morgan fingerprint density at radius 3 is 2.81 bits per heavy atom. The molecule has 2 heterocycles. The molecule has 4 rings (SSSR count). The molecular formula is C19H19N5O3. The van der Waals surface area contributed by atoms with E-state index in [0.717, 1.165) is 16.9 Å². The van der Waals surface area contributed by atoms with Crippen LogP contribution in [0.2, 0.25) is 0 Å². The Morgan fingerprint density at radius 2 is 1.96 bits per heavy atom. The van der Waals surface area contributed by atoms with Crippen LogP contribution in [0.15, 0.2) is 48.5 Å². The van der Waals surface area contributed by atoms with Crippen LogP contribution in [-0.4, -0.2) is 45.4 Å². The van der Waals surface area contributed by atoms with Crippen molar-refractivity contribution in [2.45, 2.75) is 19.6 Å². The van der Waals surface area contributed by atoms with Crippen molar-refractivity contribution in [2.75, 3.05) is 13.2 Å². The van der Waals surface area contributed by atoms with Gasteiger partial charge in [0, 0.05) is 5.56 Å². The molecule has 1 amide bonds. The smallest absolute Gasteiger partial charge is 0.243 e. The quantitative estimate of drug-likeness (QED) is 0.739. The SMILES string of the molecule is Cc1ccccc1-c1nnn(CC(=O)NC[C@H]2COc3ccccc3O2)n1. The number of fused-ring (bicyclic) bond motifs is 1. The number of para-hydroxylation sites is 2. The number of nitrogens with zero attached hydrogens (tertiary/aromatic N) is 4. The number of tetrazole rings is 1. The Labute approximate surface area is 156 Å². The number of nitrogens with one attached hydrogen (secondary N) is 1. The van der Waals surface area contributed by atoms with Crippen LogP contribution in [0.25, 0.3) is 11.4 Å². The standard InChI is InChI=1S/C19H19N5O3/c1-13-6-2-3-7-15(13)19-21-23-24(22-19)11-18(25)20-10-14-12-26-16-8-4-5-9-17(16)27-14/h2-9,14H,10-12H2,1H3,(H,20,25)/t14-/m0/s1. The maximum Gasteiger partial charge on any atom is 0.243 e. The van der Waals surface area contributed by atoms with Crippen LogP contribution in [-0.2, 0) is 11.3 Å². The highest BCUT2D eigenvalue weighted by Gasteiger charge is 2.21. The van der Waals surface area contributed by atoms with Crippen molar-refractivity contribution in [3.05, 3.63) is 54.1 Å². The summed E-state index contributed by atoms with van der Waals surface area (Å²) >= 11 is 0. The number of amides is 1. The number of hydrogen-bond donors (Lipinski definition) is 1. The molecule has 3 aromatic rings. The zero-order valence-electron chi connectivity index (χ0n) is 14.8. The maximum atomic E-state index is 12.2. The first-order chi connectivity index (χ1) is 13.2. The summed E-state index contributed by atoms with van der Waals surface area (Å²) in [6.45, 7) is 2.69. The van der Waals surface area contributed by atoms with E-state index in [4.69, 9.17) is 9.47 Å². The van der Waals surface area contributed by atoms with Gasteiger partial charge in [0.1, 0.15) is 19.3 Å². The number of hydrogen-bond acceptors (Lipinski definition) is 6. The largest absolute Gasteiger partial charge is 0.486 e. The lowest BCUT2D eigenvalue weighted by Crippen LogP contribution is -2.41. The zero-order chi connectivity index (χ0) is 18.6. The van der Waals surface area contributed by atoms with Gasteiger partial charge in [-0.05, 0) is 29.8 Å². The Kier molecular flexibility index (Phi) is 4.69. The molecule has 8 heteroatoms. The van der Waals surface area contributed by atoms with Gasteiger partial charge in [-0.1, -0.05) is 36.4 Å². The number of aromatic nitrogens is 4. The highest BCUT2D eigenvalue weighted by atomic mass is 16.6. The Bertz CT molecular complexity index is 956. The van der Waals surface area contributed by atoms with E-state index in [0.29, 0.717) is 24.7 Å². The second kappa shape index (κ2) is 7.45. The third-order valence-electron chi connectivity index (χ3n) is 4.22. The molecule has 8 nitrogen and oxygen atoms in total. The average molecular weight is 365 g/mol. The second-order valence-electron chi connectivity index (χ2n) is 6.26. The van der Waals surface area contributed by atoms with Crippen LogP contribution >= 0.6 is 0 Å². The summed E-state index contributed by atoms with van der Waals surface area (Å²) in [5.74, 6) is 1.69. The summed E-state index contributed by atoms with van der Waals surface area (Å²) in [5, 5.41) is 15.1. The Balaban J connectivity index is 1.31. The van der Waals surface area contributed by atoms with Gasteiger partial charge in [0.25, 0.3) is 0 Å². The lowest BCUT2D eigenvalue weighted by Gasteiger charge is -2.26. The first kappa shape index (κ1) is 17.0. The Morgan fingerprint density at radius 1 is 1.19 bits per heavy atom. The van der Waals surface area contributed by atoms with E-state index in [1.807, 2.05) is 55.5 Å². The third-order valence-corrected chi connectivity index (χ3v) is 4.22. The molecule has 0 aliphatic carbocycles. The van der Waals surface area contributed by atoms with E-state index in [-0.39, 0.29) is 18.6 Å². The number of aryl methyl sites for hydroxylation is 1. The van der Waals surface area contributed by atoms with Gasteiger partial charge in [0.05, 0.1) is 6.54 Å². The minimum atomic E-state index is -0.241. The molecule has 1 N–H and O–H groups in total. The number of carbonyl (C=O) groups is 1. The fourth-order valence-electron chi connectivity index (χ4n) is 2.82. The van der Waals surface area contributed by atoms with Crippen molar-refractivity contribution in [1.82, 2.24) is 25.5 Å². The number of benzene rings is 2. The van der Waals surface area contributed by atoms with Crippen LogP contribution in [0.5, 0.6) is 11.5 Å². The van der Waals surface area contributed by atoms with Gasteiger partial charge in [-0.15, -0.1) is 10.2 Å². The van der Waals surface area contributed by atoms with Gasteiger partial charge < -0.3 is 14.8 Å². The summed E-state index contributed by atoms with van der Waals surface area (Å²) in [7, 11) is 0. The molecule has 2 aromatic carbocycles. The van der Waals surface area contributed by atoms with E-state index in [9.17, 15) is 4.79 Å². The molecule has 0 fully saturated rings. The van der Waals surface area contributed by atoms with Crippen molar-refractivity contribution in [1.29, 1.82) is 0 Å². The topological polar surface area (TPSA) is 91.2 Å². The van der Waals surface area contributed by atoms with Crippen LogP contribution in [0.3, 0.4) is 0 Å². The molecule has 1 aliphatic heterocycles. The summed E-state index contributed by atoms with van der Waals surface area (Å²) in [4.78, 5) is 13.5. The normalized spacial score (nSPS) is 15.4. The molecule has 1 atom stereocenters. The minimum Gasteiger partial charge on any atom is -0.486 e. The van der Waals surface area contributed by atoms with Gasteiger partial charge in [0.15, 0.2) is 11.5 Å². The zero-order valence-corrected chi connectivity index (χ0v) is 14.8. The first-order valence-corrected chi connectivity index (χ1v) is 8.68. The molecule has 138 valence electrons. The molecule has 1 aromatic heterocycles. The number of carbonyl (C=O) groups excluding carboxylic acids is 1. The summed E-state index contributed by atoms with van der Waals surface area (Å²) in [6, 6.07) is 15.2. The first-order valence-electron chi connectivity index (χ1n) is 8.68. The number of ether oxygens (including phenoxy) is 2. The molecule has 0 bridgehead atoms. The molecule has 0 radical (unpaired) electrons. The fourth-order valence-corrected chi connectivity index (χ4v) is 2.82. The van der Waals surface area contributed by atoms with E-state index < -0.39 is 0 Å². The molecular weight excluding hydrogens is 346 g/mol. The van der Waals surface area contributed by atoms with E-state index >= 15 is 0 Å². The maximum absolute atomic E-state index is 12.2.